The molecular formula is C27H33N11O2S. The number of piperazine rings is 1. The Kier molecular flexibility index (Phi) is 7.62. The number of aliphatic hydroxyl groups is 1. The van der Waals surface area contributed by atoms with Gasteiger partial charge < -0.3 is 20.4 Å². The normalized spacial score (nSPS) is 15.5. The van der Waals surface area contributed by atoms with Crippen LogP contribution in [0.15, 0.2) is 36.9 Å². The van der Waals surface area contributed by atoms with Gasteiger partial charge in [-0.15, -0.1) is 11.3 Å². The van der Waals surface area contributed by atoms with E-state index in [4.69, 9.17) is 10.1 Å². The SMILES string of the molecule is C[C@@H](CCO)n1nc(-c2ncc(CN3CCN(C)CC3)s2)c2cnc(Nc3ccnc(-c4cnn(C)c4O)n3)cc21. The van der Waals surface area contributed by atoms with Gasteiger partial charge in [0, 0.05) is 81.3 Å². The maximum absolute atomic E-state index is 10.3. The van der Waals surface area contributed by atoms with E-state index in [0.29, 0.717) is 29.4 Å². The van der Waals surface area contributed by atoms with E-state index in [1.54, 1.807) is 36.8 Å². The maximum Gasteiger partial charge on any atom is 0.220 e. The highest BCUT2D eigenvalue weighted by Crippen LogP contribution is 2.34. The van der Waals surface area contributed by atoms with E-state index in [9.17, 15) is 10.2 Å². The second kappa shape index (κ2) is 11.5. The lowest BCUT2D eigenvalue weighted by Crippen LogP contribution is -2.43. The summed E-state index contributed by atoms with van der Waals surface area (Å²) >= 11 is 1.66. The van der Waals surface area contributed by atoms with Gasteiger partial charge in [-0.25, -0.2) is 24.6 Å². The van der Waals surface area contributed by atoms with Crippen LogP contribution in [0.5, 0.6) is 5.88 Å². The summed E-state index contributed by atoms with van der Waals surface area (Å²) in [7, 11) is 3.81. The van der Waals surface area contributed by atoms with E-state index < -0.39 is 0 Å². The number of rotatable bonds is 9. The summed E-state index contributed by atoms with van der Waals surface area (Å²) < 4.78 is 3.30. The summed E-state index contributed by atoms with van der Waals surface area (Å²) in [6, 6.07) is 3.63. The lowest BCUT2D eigenvalue weighted by atomic mass is 10.2. The first kappa shape index (κ1) is 27.2. The molecule has 0 unspecified atom stereocenters. The minimum Gasteiger partial charge on any atom is -0.493 e. The van der Waals surface area contributed by atoms with Crippen molar-refractivity contribution in [3.8, 4) is 28.0 Å². The van der Waals surface area contributed by atoms with Crippen LogP contribution in [0.25, 0.3) is 33.0 Å². The second-order valence-electron chi connectivity index (χ2n) is 10.3. The van der Waals surface area contributed by atoms with E-state index in [1.165, 1.54) is 15.8 Å². The Balaban J connectivity index is 1.30. The monoisotopic (exact) mass is 575 g/mol. The summed E-state index contributed by atoms with van der Waals surface area (Å²) in [4.78, 5) is 24.3. The molecule has 1 saturated heterocycles. The van der Waals surface area contributed by atoms with Crippen LogP contribution < -0.4 is 5.32 Å². The Morgan fingerprint density at radius 3 is 2.63 bits per heavy atom. The molecule has 6 rings (SSSR count). The minimum absolute atomic E-state index is 0.00938. The summed E-state index contributed by atoms with van der Waals surface area (Å²) in [5.74, 6) is 1.44. The van der Waals surface area contributed by atoms with Crippen molar-refractivity contribution >= 4 is 33.9 Å². The van der Waals surface area contributed by atoms with Crippen molar-refractivity contribution in [3.63, 3.8) is 0 Å². The van der Waals surface area contributed by atoms with Gasteiger partial charge in [-0.1, -0.05) is 0 Å². The molecule has 5 aromatic heterocycles. The fourth-order valence-corrected chi connectivity index (χ4v) is 5.85. The van der Waals surface area contributed by atoms with Crippen LogP contribution >= 0.6 is 11.3 Å². The van der Waals surface area contributed by atoms with Crippen molar-refractivity contribution in [2.45, 2.75) is 25.9 Å². The quantitative estimate of drug-likeness (QED) is 0.238. The molecule has 5 aromatic rings. The Morgan fingerprint density at radius 1 is 1.05 bits per heavy atom. The van der Waals surface area contributed by atoms with Crippen LogP contribution in [0.2, 0.25) is 0 Å². The van der Waals surface area contributed by atoms with Gasteiger partial charge >= 0.3 is 0 Å². The van der Waals surface area contributed by atoms with Crippen LogP contribution in [-0.2, 0) is 13.6 Å². The number of hydrogen-bond acceptors (Lipinski definition) is 12. The van der Waals surface area contributed by atoms with Gasteiger partial charge in [-0.2, -0.15) is 10.2 Å². The molecule has 214 valence electrons. The number of thiazole rings is 1. The second-order valence-corrected chi connectivity index (χ2v) is 11.5. The topological polar surface area (TPSA) is 146 Å². The number of aryl methyl sites for hydroxylation is 1. The Hall–Kier alpha value is -3.98. The van der Waals surface area contributed by atoms with Crippen LogP contribution in [0.3, 0.4) is 0 Å². The molecule has 0 amide bonds. The molecule has 6 heterocycles. The molecule has 0 spiro atoms. The number of pyridine rings is 1. The highest BCUT2D eigenvalue weighted by Gasteiger charge is 2.21. The number of anilines is 2. The molecule has 0 aliphatic carbocycles. The van der Waals surface area contributed by atoms with Crippen molar-refractivity contribution < 1.29 is 10.2 Å². The van der Waals surface area contributed by atoms with Crippen LogP contribution in [0.4, 0.5) is 11.6 Å². The summed E-state index contributed by atoms with van der Waals surface area (Å²) in [5, 5.41) is 33.9. The summed E-state index contributed by atoms with van der Waals surface area (Å²) in [5.41, 5.74) is 2.11. The number of aliphatic hydroxyl groups excluding tert-OH is 1. The largest absolute Gasteiger partial charge is 0.493 e. The molecule has 0 aromatic carbocycles. The van der Waals surface area contributed by atoms with E-state index in [2.05, 4.69) is 42.2 Å². The third kappa shape index (κ3) is 5.63. The fraction of sp³-hybridized carbons (Fsp3) is 0.407. The lowest BCUT2D eigenvalue weighted by Gasteiger charge is -2.31. The highest BCUT2D eigenvalue weighted by molar-refractivity contribution is 7.15. The molecule has 0 saturated carbocycles. The Labute approximate surface area is 241 Å². The fourth-order valence-electron chi connectivity index (χ4n) is 4.90. The first-order valence-electron chi connectivity index (χ1n) is 13.6. The zero-order valence-electron chi connectivity index (χ0n) is 23.3. The lowest BCUT2D eigenvalue weighted by molar-refractivity contribution is 0.149. The number of aromatic hydroxyl groups is 1. The molecule has 3 N–H and O–H groups in total. The molecule has 1 aliphatic heterocycles. The van der Waals surface area contributed by atoms with E-state index in [1.807, 2.05) is 23.9 Å². The molecule has 14 heteroatoms. The third-order valence-corrected chi connectivity index (χ3v) is 8.34. The number of aromatic nitrogens is 8. The van der Waals surface area contributed by atoms with Gasteiger partial charge in [0.15, 0.2) is 5.82 Å². The van der Waals surface area contributed by atoms with Gasteiger partial charge in [0.2, 0.25) is 5.88 Å². The maximum atomic E-state index is 10.3. The van der Waals surface area contributed by atoms with Crippen LogP contribution in [-0.4, -0.2) is 99.3 Å². The van der Waals surface area contributed by atoms with Crippen molar-refractivity contribution in [2.24, 2.45) is 7.05 Å². The van der Waals surface area contributed by atoms with E-state index in [-0.39, 0.29) is 18.5 Å². The van der Waals surface area contributed by atoms with Crippen LogP contribution in [0, 0.1) is 0 Å². The molecule has 41 heavy (non-hydrogen) atoms. The predicted octanol–water partition coefficient (Wildman–Crippen LogP) is 2.89. The summed E-state index contributed by atoms with van der Waals surface area (Å²) in [6.07, 6.45) is 7.47. The first-order chi connectivity index (χ1) is 19.9. The molecule has 1 atom stereocenters. The van der Waals surface area contributed by atoms with Gasteiger partial charge in [-0.3, -0.25) is 9.58 Å². The zero-order chi connectivity index (χ0) is 28.5. The number of nitrogens with one attached hydrogen (secondary N) is 1. The number of likely N-dealkylation sites (N-methyl/N-ethyl adjacent to an activating group) is 1. The standard InChI is InChI=1S/C27H33N11O2S/c1-17(5-11-39)38-21-12-23(32-22-4-6-28-25(33-22)20-15-31-36(3)27(20)40)29-14-19(21)24(34-38)26-30-13-18(41-26)16-37-9-7-35(2)8-10-37/h4,6,12-15,17,39-40H,5,7-11,16H2,1-3H3,(H,28,29,32,33)/t17-/m0/s1. The van der Waals surface area contributed by atoms with Crippen LogP contribution in [0.1, 0.15) is 24.3 Å². The first-order valence-corrected chi connectivity index (χ1v) is 14.4. The molecule has 0 bridgehead atoms. The van der Waals surface area contributed by atoms with Gasteiger partial charge in [0.1, 0.15) is 27.9 Å². The minimum atomic E-state index is -0.0320. The van der Waals surface area contributed by atoms with Gasteiger partial charge in [0.05, 0.1) is 17.8 Å². The van der Waals surface area contributed by atoms with Crippen molar-refractivity contribution in [1.29, 1.82) is 0 Å². The van der Waals surface area contributed by atoms with Gasteiger partial charge in [-0.05, 0) is 26.5 Å². The third-order valence-electron chi connectivity index (χ3n) is 7.35. The van der Waals surface area contributed by atoms with Crippen molar-refractivity contribution in [1.82, 2.24) is 49.3 Å². The number of hydrogen-bond donors (Lipinski definition) is 3. The zero-order valence-corrected chi connectivity index (χ0v) is 24.1. The predicted molar refractivity (Wildman–Crippen MR) is 157 cm³/mol. The smallest absolute Gasteiger partial charge is 0.220 e. The Morgan fingerprint density at radius 2 is 1.88 bits per heavy atom. The van der Waals surface area contributed by atoms with E-state index in [0.717, 1.165) is 54.3 Å². The molecule has 13 nitrogen and oxygen atoms in total. The molecular weight excluding hydrogens is 542 g/mol. The highest BCUT2D eigenvalue weighted by atomic mass is 32.1. The van der Waals surface area contributed by atoms with Crippen molar-refractivity contribution in [3.05, 3.63) is 41.8 Å². The van der Waals surface area contributed by atoms with Gasteiger partial charge in [0.25, 0.3) is 0 Å². The molecule has 0 radical (unpaired) electrons. The number of fused-ring (bicyclic) bond motifs is 1. The Bertz CT molecular complexity index is 1650. The number of nitrogens with zero attached hydrogens (tertiary/aromatic N) is 10. The molecule has 1 fully saturated rings. The average molecular weight is 576 g/mol. The van der Waals surface area contributed by atoms with E-state index >= 15 is 0 Å². The summed E-state index contributed by atoms with van der Waals surface area (Å²) in [6.45, 7) is 7.24. The molecule has 1 aliphatic rings. The average Bonchev–Trinajstić information content (AvgIpc) is 3.67. The van der Waals surface area contributed by atoms with Crippen molar-refractivity contribution in [2.75, 3.05) is 45.2 Å².